The Bertz CT molecular complexity index is 2420. The quantitative estimate of drug-likeness (QED) is 0.0934. The average Bonchev–Trinajstić information content (AvgIpc) is 3.35. The number of hydrogen-bond donors (Lipinski definition) is 3. The van der Waals surface area contributed by atoms with E-state index in [4.69, 9.17) is 0 Å². The van der Waals surface area contributed by atoms with E-state index >= 15 is 0 Å². The Hall–Kier alpha value is -6.57. The molecule has 1 radical (unpaired) electrons. The predicted octanol–water partition coefficient (Wildman–Crippen LogP) is 6.07. The summed E-state index contributed by atoms with van der Waals surface area (Å²) in [5.74, 6) is -3.72. The minimum atomic E-state index is -3.45. The van der Waals surface area contributed by atoms with E-state index in [2.05, 4.69) is 0 Å². The van der Waals surface area contributed by atoms with Gasteiger partial charge in [0.15, 0.2) is 0 Å². The first-order chi connectivity index (χ1) is 33.0. The Morgan fingerprint density at radius 2 is 0.254 bits per heavy atom. The maximum Gasteiger partial charge on any atom is 2.00 e. The van der Waals surface area contributed by atoms with Gasteiger partial charge in [0.1, 0.15) is 52.4 Å². The number of rotatable bonds is 9. The molecule has 0 aromatic heterocycles. The van der Waals surface area contributed by atoms with Crippen molar-refractivity contribution < 1.29 is 77.9 Å². The Morgan fingerprint density at radius 3 is 0.324 bits per heavy atom. The molecule has 0 saturated carbocycles. The van der Waals surface area contributed by atoms with Crippen molar-refractivity contribution in [3.63, 3.8) is 0 Å². The summed E-state index contributed by atoms with van der Waals surface area (Å²) in [6.07, 6.45) is 0. The van der Waals surface area contributed by atoms with Crippen molar-refractivity contribution in [1.29, 1.82) is 0 Å². The number of benzene rings is 9. The first-order valence-electron chi connectivity index (χ1n) is 21.0. The Labute approximate surface area is 418 Å². The Morgan fingerprint density at radius 1 is 0.183 bits per heavy atom. The van der Waals surface area contributed by atoms with E-state index in [1.54, 1.807) is 0 Å². The number of halogens is 9. The molecule has 0 aliphatic rings. The largest absolute Gasteiger partial charge is 2.00 e. The molecule has 0 aliphatic carbocycles. The van der Waals surface area contributed by atoms with Crippen LogP contribution in [0.2, 0.25) is 0 Å². The van der Waals surface area contributed by atoms with Gasteiger partial charge in [0.05, 0.1) is 0 Å². The normalized spacial score (nSPS) is 11.2. The molecule has 9 aromatic rings. The average molecular weight is 1060 g/mol. The molecule has 0 bridgehead atoms. The third kappa shape index (κ3) is 12.7. The maximum atomic E-state index is 13.2. The van der Waals surface area contributed by atoms with Crippen molar-refractivity contribution in [1.82, 2.24) is 0 Å². The van der Waals surface area contributed by atoms with Crippen molar-refractivity contribution in [2.45, 2.75) is 0 Å². The van der Waals surface area contributed by atoms with Crippen LogP contribution < -0.4 is 46.7 Å². The van der Waals surface area contributed by atoms with Gasteiger partial charge in [0.2, 0.25) is 0 Å². The fourth-order valence-electron chi connectivity index (χ4n) is 7.72. The van der Waals surface area contributed by atoms with Crippen molar-refractivity contribution in [3.8, 4) is 0 Å². The van der Waals surface area contributed by atoms with Crippen LogP contribution in [0.5, 0.6) is 0 Å². The van der Waals surface area contributed by atoms with Crippen LogP contribution >= 0.6 is 0 Å². The van der Waals surface area contributed by atoms with Gasteiger partial charge in [0, 0.05) is 0 Å². The second kappa shape index (κ2) is 24.0. The molecular weight excluding hydrogens is 1020 g/mol. The van der Waals surface area contributed by atoms with E-state index in [1.165, 1.54) is 218 Å². The minimum Gasteiger partial charge on any atom is -2.00 e. The van der Waals surface area contributed by atoms with E-state index in [0.29, 0.717) is 46.7 Å². The smallest absolute Gasteiger partial charge is 2.00 e. The molecule has 4 nitrogen and oxygen atoms in total. The van der Waals surface area contributed by atoms with Gasteiger partial charge >= 0.3 is 18.6 Å². The van der Waals surface area contributed by atoms with Gasteiger partial charge in [-0.2, -0.15) is 0 Å². The van der Waals surface area contributed by atoms with Gasteiger partial charge in [-0.3, -0.25) is 0 Å². The van der Waals surface area contributed by atoms with Crippen LogP contribution in [-0.4, -0.2) is 39.3 Å². The molecule has 17 heteroatoms. The fourth-order valence-corrected chi connectivity index (χ4v) is 16.6. The summed E-state index contributed by atoms with van der Waals surface area (Å²) >= 11 is 0. The van der Waals surface area contributed by atoms with Gasteiger partial charge in [-0.25, -0.2) is 39.5 Å². The summed E-state index contributed by atoms with van der Waals surface area (Å²) in [5.41, 5.74) is 0. The fraction of sp³-hybridized carbons (Fsp3) is 0. The van der Waals surface area contributed by atoms with Crippen LogP contribution in [0, 0.1) is 52.4 Å². The first-order valence-corrected chi connectivity index (χ1v) is 26.9. The molecule has 0 spiro atoms. The zero-order chi connectivity index (χ0) is 49.3. The van der Waals surface area contributed by atoms with Gasteiger partial charge in [-0.1, -0.05) is 109 Å². The summed E-state index contributed by atoms with van der Waals surface area (Å²) in [5, 5.41) is 4.85. The first kappa shape index (κ1) is 55.4. The standard InChI is InChI=1S/3C18H13F3OSi.O.V/c3*19-13-1-7-16(8-2-13)23(22,17-9-3-14(20)4-10-17)18-11-5-15(21)6-12-18;;/h3*1-12,22H;;/q;;;-2;+2. The van der Waals surface area contributed by atoms with Gasteiger partial charge in [-0.05, 0) is 156 Å². The van der Waals surface area contributed by atoms with E-state index < -0.39 is 77.3 Å². The zero-order valence-corrected chi connectivity index (χ0v) is 41.3. The van der Waals surface area contributed by atoms with Crippen molar-refractivity contribution in [2.75, 3.05) is 0 Å². The van der Waals surface area contributed by atoms with Crippen molar-refractivity contribution in [3.05, 3.63) is 271 Å². The molecule has 0 heterocycles. The molecule has 0 fully saturated rings. The van der Waals surface area contributed by atoms with Crippen LogP contribution in [0.3, 0.4) is 0 Å². The topological polar surface area (TPSA) is 89.2 Å². The molecule has 71 heavy (non-hydrogen) atoms. The molecule has 0 saturated heterocycles. The summed E-state index contributed by atoms with van der Waals surface area (Å²) in [4.78, 5) is 34.4. The summed E-state index contributed by atoms with van der Waals surface area (Å²) in [7, 11) is -10.3. The van der Waals surface area contributed by atoms with Crippen LogP contribution in [0.15, 0.2) is 218 Å². The molecule has 0 unspecified atom stereocenters. The van der Waals surface area contributed by atoms with E-state index in [9.17, 15) is 53.9 Å². The summed E-state index contributed by atoms with van der Waals surface area (Å²) in [6, 6.07) is 49.9. The second-order valence-corrected chi connectivity index (χ2v) is 25.2. The molecule has 9 rings (SSSR count). The summed E-state index contributed by atoms with van der Waals surface area (Å²) < 4.78 is 119. The Kier molecular flexibility index (Phi) is 18.7. The van der Waals surface area contributed by atoms with Gasteiger partial charge in [0.25, 0.3) is 25.0 Å². The van der Waals surface area contributed by atoms with Crippen molar-refractivity contribution in [2.24, 2.45) is 0 Å². The molecule has 0 amide bonds. The predicted molar refractivity (Wildman–Crippen MR) is 259 cm³/mol. The SMILES string of the molecule is O[Si](c1ccc(F)cc1)(c1ccc(F)cc1)c1ccc(F)cc1.O[Si](c1ccc(F)cc1)(c1ccc(F)cc1)c1ccc(F)cc1.O[Si](c1ccc(F)cc1)(c1ccc(F)cc1)c1ccc(F)cc1.[O-2].[V+2]. The summed E-state index contributed by atoms with van der Waals surface area (Å²) in [6.45, 7) is 0. The Balaban J connectivity index is 0.000000195. The van der Waals surface area contributed by atoms with Gasteiger partial charge < -0.3 is 19.9 Å². The van der Waals surface area contributed by atoms with E-state index in [0.717, 1.165) is 0 Å². The van der Waals surface area contributed by atoms with Crippen LogP contribution in [0.25, 0.3) is 0 Å². The molecule has 9 aromatic carbocycles. The molecule has 359 valence electrons. The minimum absolute atomic E-state index is 0. The van der Waals surface area contributed by atoms with E-state index in [-0.39, 0.29) is 24.0 Å². The van der Waals surface area contributed by atoms with Gasteiger partial charge in [-0.15, -0.1) is 0 Å². The van der Waals surface area contributed by atoms with Crippen LogP contribution in [0.1, 0.15) is 0 Å². The van der Waals surface area contributed by atoms with E-state index in [1.807, 2.05) is 0 Å². The second-order valence-electron chi connectivity index (χ2n) is 15.7. The monoisotopic (exact) mass is 1060 g/mol. The third-order valence-electron chi connectivity index (χ3n) is 11.4. The zero-order valence-electron chi connectivity index (χ0n) is 36.9. The maximum absolute atomic E-state index is 13.2. The van der Waals surface area contributed by atoms with Crippen molar-refractivity contribution >= 4 is 71.6 Å². The molecular formula is C54H39F9O4Si3V. The third-order valence-corrected chi connectivity index (χ3v) is 21.9. The van der Waals surface area contributed by atoms with Crippen LogP contribution in [-0.2, 0) is 24.0 Å². The molecule has 3 N–H and O–H groups in total. The van der Waals surface area contributed by atoms with Crippen LogP contribution in [0.4, 0.5) is 39.5 Å². The number of hydrogen-bond acceptors (Lipinski definition) is 3. The molecule has 0 aliphatic heterocycles. The molecule has 0 atom stereocenters.